The highest BCUT2D eigenvalue weighted by Gasteiger charge is 2.12. The van der Waals surface area contributed by atoms with E-state index in [4.69, 9.17) is 9.47 Å². The van der Waals surface area contributed by atoms with Gasteiger partial charge in [-0.1, -0.05) is 29.5 Å². The first kappa shape index (κ1) is 17.2. The van der Waals surface area contributed by atoms with Crippen LogP contribution in [0.2, 0.25) is 0 Å². The lowest BCUT2D eigenvalue weighted by Crippen LogP contribution is -2.23. The molecule has 0 saturated carbocycles. The highest BCUT2D eigenvalue weighted by atomic mass is 32.1. The molecule has 136 valence electrons. The minimum Gasteiger partial charge on any atom is -0.496 e. The summed E-state index contributed by atoms with van der Waals surface area (Å²) in [5.41, 5.74) is 1.49. The molecule has 0 saturated heterocycles. The van der Waals surface area contributed by atoms with Crippen molar-refractivity contribution in [1.82, 2.24) is 14.6 Å². The highest BCUT2D eigenvalue weighted by molar-refractivity contribution is 7.15. The number of aromatic nitrogens is 3. The Morgan fingerprint density at radius 3 is 2.63 bits per heavy atom. The fourth-order valence-corrected chi connectivity index (χ4v) is 3.65. The lowest BCUT2D eigenvalue weighted by Gasteiger charge is -2.02. The molecule has 0 fully saturated rings. The number of methoxy groups -OCH3 is 1. The average Bonchev–Trinajstić information content (AvgIpc) is 3.23. The van der Waals surface area contributed by atoms with Crippen LogP contribution in [0.3, 0.4) is 0 Å². The van der Waals surface area contributed by atoms with Gasteiger partial charge in [0.1, 0.15) is 11.5 Å². The Morgan fingerprint density at radius 1 is 1.15 bits per heavy atom. The van der Waals surface area contributed by atoms with E-state index in [0.717, 1.165) is 16.9 Å². The molecule has 2 heterocycles. The molecule has 0 spiro atoms. The largest absolute Gasteiger partial charge is 0.496 e. The van der Waals surface area contributed by atoms with Crippen molar-refractivity contribution in [3.8, 4) is 22.9 Å². The second kappa shape index (κ2) is 7.20. The summed E-state index contributed by atoms with van der Waals surface area (Å²) in [6, 6.07) is 15.1. The molecule has 0 bridgehead atoms. The van der Waals surface area contributed by atoms with Crippen LogP contribution in [0.25, 0.3) is 22.4 Å². The van der Waals surface area contributed by atoms with Crippen molar-refractivity contribution in [2.75, 3.05) is 13.7 Å². The van der Waals surface area contributed by atoms with Gasteiger partial charge in [-0.25, -0.2) is 0 Å². The van der Waals surface area contributed by atoms with Crippen molar-refractivity contribution in [2.45, 2.75) is 6.92 Å². The summed E-state index contributed by atoms with van der Waals surface area (Å²) >= 11 is 1.31. The number of ether oxygens (including phenoxy) is 2. The van der Waals surface area contributed by atoms with Crippen molar-refractivity contribution in [3.63, 3.8) is 0 Å². The van der Waals surface area contributed by atoms with Crippen molar-refractivity contribution < 1.29 is 9.47 Å². The average molecular weight is 379 g/mol. The fourth-order valence-electron chi connectivity index (χ4n) is 2.75. The van der Waals surface area contributed by atoms with Crippen LogP contribution in [0.15, 0.2) is 53.3 Å². The third kappa shape index (κ3) is 3.29. The van der Waals surface area contributed by atoms with E-state index in [9.17, 15) is 4.79 Å². The summed E-state index contributed by atoms with van der Waals surface area (Å²) < 4.78 is 12.7. The first-order valence-corrected chi connectivity index (χ1v) is 9.29. The van der Waals surface area contributed by atoms with Gasteiger partial charge in [0.15, 0.2) is 5.82 Å². The summed E-state index contributed by atoms with van der Waals surface area (Å²) in [6.07, 6.45) is 1.80. The maximum Gasteiger partial charge on any atom is 0.291 e. The number of para-hydroxylation sites is 1. The molecular formula is C20H17N3O3S. The number of nitrogens with zero attached hydrogens (tertiary/aromatic N) is 3. The Hall–Kier alpha value is -3.19. The molecule has 0 aliphatic heterocycles. The number of hydrogen-bond acceptors (Lipinski definition) is 6. The molecule has 6 nitrogen and oxygen atoms in total. The molecule has 2 aromatic heterocycles. The summed E-state index contributed by atoms with van der Waals surface area (Å²) in [5, 5.41) is 4.37. The molecule has 2 aromatic carbocycles. The lowest BCUT2D eigenvalue weighted by atomic mass is 10.2. The molecule has 7 heteroatoms. The van der Waals surface area contributed by atoms with E-state index in [0.29, 0.717) is 27.7 Å². The van der Waals surface area contributed by atoms with E-state index in [1.807, 2.05) is 55.5 Å². The van der Waals surface area contributed by atoms with Gasteiger partial charge >= 0.3 is 0 Å². The molecule has 4 rings (SSSR count). The van der Waals surface area contributed by atoms with Crippen LogP contribution in [0.5, 0.6) is 11.5 Å². The minimum atomic E-state index is -0.189. The van der Waals surface area contributed by atoms with Crippen molar-refractivity contribution in [2.24, 2.45) is 0 Å². The SMILES string of the molecule is CCOc1ccc(-c2nc3s/c(=C/c4ccccc4OC)c(=O)n3n2)cc1. The topological polar surface area (TPSA) is 65.7 Å². The van der Waals surface area contributed by atoms with Gasteiger partial charge in [-0.05, 0) is 43.3 Å². The number of rotatable bonds is 5. The van der Waals surface area contributed by atoms with E-state index in [-0.39, 0.29) is 5.56 Å². The number of benzene rings is 2. The Kier molecular flexibility index (Phi) is 4.60. The molecular weight excluding hydrogens is 362 g/mol. The van der Waals surface area contributed by atoms with Gasteiger partial charge in [-0.15, -0.1) is 5.10 Å². The quantitative estimate of drug-likeness (QED) is 0.533. The number of hydrogen-bond donors (Lipinski definition) is 0. The molecule has 0 radical (unpaired) electrons. The molecule has 0 aliphatic rings. The third-order valence-corrected chi connectivity index (χ3v) is 4.99. The number of thiazole rings is 1. The highest BCUT2D eigenvalue weighted by Crippen LogP contribution is 2.21. The summed E-state index contributed by atoms with van der Waals surface area (Å²) in [6.45, 7) is 2.55. The van der Waals surface area contributed by atoms with Gasteiger partial charge < -0.3 is 9.47 Å². The molecule has 0 amide bonds. The Labute approximate surface area is 159 Å². The zero-order chi connectivity index (χ0) is 18.8. The van der Waals surface area contributed by atoms with Crippen LogP contribution in [-0.4, -0.2) is 28.3 Å². The van der Waals surface area contributed by atoms with Crippen LogP contribution >= 0.6 is 11.3 Å². The van der Waals surface area contributed by atoms with Crippen molar-refractivity contribution in [1.29, 1.82) is 0 Å². The molecule has 0 atom stereocenters. The molecule has 4 aromatic rings. The predicted molar refractivity (Wildman–Crippen MR) is 106 cm³/mol. The van der Waals surface area contributed by atoms with Crippen LogP contribution in [0.4, 0.5) is 0 Å². The van der Waals surface area contributed by atoms with E-state index >= 15 is 0 Å². The Bertz CT molecular complexity index is 1200. The molecule has 0 unspecified atom stereocenters. The van der Waals surface area contributed by atoms with Gasteiger partial charge in [0.25, 0.3) is 5.56 Å². The Morgan fingerprint density at radius 2 is 1.93 bits per heavy atom. The second-order valence-electron chi connectivity index (χ2n) is 5.74. The van der Waals surface area contributed by atoms with E-state index < -0.39 is 0 Å². The van der Waals surface area contributed by atoms with Crippen LogP contribution in [-0.2, 0) is 0 Å². The third-order valence-electron chi connectivity index (χ3n) is 4.03. The second-order valence-corrected chi connectivity index (χ2v) is 6.75. The molecule has 0 N–H and O–H groups in total. The van der Waals surface area contributed by atoms with Crippen molar-refractivity contribution >= 4 is 22.4 Å². The molecule has 0 aliphatic carbocycles. The van der Waals surface area contributed by atoms with Gasteiger partial charge in [0, 0.05) is 11.1 Å². The van der Waals surface area contributed by atoms with Gasteiger partial charge in [-0.2, -0.15) is 9.50 Å². The Balaban J connectivity index is 1.73. The maximum absolute atomic E-state index is 12.7. The smallest absolute Gasteiger partial charge is 0.291 e. The first-order valence-electron chi connectivity index (χ1n) is 8.47. The van der Waals surface area contributed by atoms with Gasteiger partial charge in [0.2, 0.25) is 4.96 Å². The van der Waals surface area contributed by atoms with Crippen LogP contribution in [0.1, 0.15) is 12.5 Å². The van der Waals surface area contributed by atoms with Gasteiger partial charge in [-0.3, -0.25) is 4.79 Å². The normalized spacial score (nSPS) is 11.9. The van der Waals surface area contributed by atoms with Crippen LogP contribution in [0, 0.1) is 0 Å². The van der Waals surface area contributed by atoms with E-state index in [1.165, 1.54) is 15.9 Å². The van der Waals surface area contributed by atoms with Gasteiger partial charge in [0.05, 0.1) is 18.2 Å². The summed E-state index contributed by atoms with van der Waals surface area (Å²) in [5.74, 6) is 2.02. The van der Waals surface area contributed by atoms with E-state index in [2.05, 4.69) is 10.1 Å². The zero-order valence-corrected chi connectivity index (χ0v) is 15.7. The maximum atomic E-state index is 12.7. The number of fused-ring (bicyclic) bond motifs is 1. The zero-order valence-electron chi connectivity index (χ0n) is 14.9. The molecule has 27 heavy (non-hydrogen) atoms. The predicted octanol–water partition coefficient (Wildman–Crippen LogP) is 2.77. The summed E-state index contributed by atoms with van der Waals surface area (Å²) in [7, 11) is 1.61. The van der Waals surface area contributed by atoms with E-state index in [1.54, 1.807) is 13.2 Å². The summed E-state index contributed by atoms with van der Waals surface area (Å²) in [4.78, 5) is 17.8. The van der Waals surface area contributed by atoms with Crippen molar-refractivity contribution in [3.05, 3.63) is 69.0 Å². The minimum absolute atomic E-state index is 0.189. The fraction of sp³-hybridized carbons (Fsp3) is 0.150. The standard InChI is InChI=1S/C20H17N3O3S/c1-3-26-15-10-8-13(9-11-15)18-21-20-23(22-18)19(24)17(27-20)12-14-6-4-5-7-16(14)25-2/h4-12H,3H2,1-2H3/b17-12+. The van der Waals surface area contributed by atoms with Crippen LogP contribution < -0.4 is 19.6 Å². The first-order chi connectivity index (χ1) is 13.2. The monoisotopic (exact) mass is 379 g/mol. The lowest BCUT2D eigenvalue weighted by molar-refractivity contribution is 0.340.